The second kappa shape index (κ2) is 12.6. The Morgan fingerprint density at radius 3 is 2.47 bits per heavy atom. The van der Waals surface area contributed by atoms with Crippen molar-refractivity contribution in [3.63, 3.8) is 0 Å². The number of rotatable bonds is 11. The van der Waals surface area contributed by atoms with Gasteiger partial charge in [0.25, 0.3) is 0 Å². The summed E-state index contributed by atoms with van der Waals surface area (Å²) in [4.78, 5) is 5.05. The van der Waals surface area contributed by atoms with Crippen molar-refractivity contribution in [1.82, 2.24) is 16.0 Å². The topological polar surface area (TPSA) is 66.9 Å². The smallest absolute Gasteiger partial charge is 0.191 e. The Hall–Kier alpha value is -1.63. The highest BCUT2D eigenvalue weighted by atomic mass is 16.5. The van der Waals surface area contributed by atoms with Gasteiger partial charge in [0.15, 0.2) is 5.96 Å². The van der Waals surface area contributed by atoms with Crippen molar-refractivity contribution in [2.45, 2.75) is 70.4 Å². The molecule has 0 aromatic heterocycles. The van der Waals surface area contributed by atoms with Crippen LogP contribution in [0, 0.1) is 5.41 Å². The van der Waals surface area contributed by atoms with Gasteiger partial charge in [0.1, 0.15) is 0 Å². The monoisotopic (exact) mass is 444 g/mol. The fraction of sp³-hybridized carbons (Fsp3) is 0.731. The van der Waals surface area contributed by atoms with Crippen molar-refractivity contribution < 1.29 is 9.47 Å². The number of guanidine groups is 1. The lowest BCUT2D eigenvalue weighted by Gasteiger charge is -2.41. The fourth-order valence-electron chi connectivity index (χ4n) is 5.19. The molecule has 180 valence electrons. The molecule has 1 aliphatic carbocycles. The van der Waals surface area contributed by atoms with Crippen LogP contribution in [0.1, 0.15) is 70.4 Å². The van der Waals surface area contributed by atoms with Crippen LogP contribution in [0.15, 0.2) is 35.3 Å². The van der Waals surface area contributed by atoms with Crippen LogP contribution in [0.2, 0.25) is 0 Å². The summed E-state index contributed by atoms with van der Waals surface area (Å²) in [6.45, 7) is 9.37. The maximum Gasteiger partial charge on any atom is 0.191 e. The van der Waals surface area contributed by atoms with Crippen LogP contribution in [0.3, 0.4) is 0 Å². The number of methoxy groups -OCH3 is 1. The molecule has 1 saturated heterocycles. The summed E-state index contributed by atoms with van der Waals surface area (Å²) in [6.07, 6.45) is 8.24. The van der Waals surface area contributed by atoms with Crippen LogP contribution < -0.4 is 16.0 Å². The zero-order valence-electron chi connectivity index (χ0n) is 20.4. The standard InChI is InChI=1S/C26H44N4O2/c1-4-27-24(28-20-25(14-17-31-3)12-8-9-13-25)29-21-26(15-18-32-19-16-26)30-22(2)23-10-6-5-7-11-23/h5-7,10-11,22,30H,4,8-9,12-21H2,1-3H3,(H2,27,28,29). The summed E-state index contributed by atoms with van der Waals surface area (Å²) in [5, 5.41) is 11.1. The average Bonchev–Trinajstić information content (AvgIpc) is 3.30. The first kappa shape index (κ1) is 25.0. The van der Waals surface area contributed by atoms with Crippen molar-refractivity contribution in [2.24, 2.45) is 10.4 Å². The van der Waals surface area contributed by atoms with Crippen LogP contribution in [-0.4, -0.2) is 58.1 Å². The third-order valence-corrected chi connectivity index (χ3v) is 7.28. The third kappa shape index (κ3) is 7.19. The zero-order valence-corrected chi connectivity index (χ0v) is 20.4. The van der Waals surface area contributed by atoms with Gasteiger partial charge in [-0.25, -0.2) is 0 Å². The summed E-state index contributed by atoms with van der Waals surface area (Å²) < 4.78 is 11.1. The van der Waals surface area contributed by atoms with Crippen LogP contribution >= 0.6 is 0 Å². The van der Waals surface area contributed by atoms with Gasteiger partial charge < -0.3 is 25.4 Å². The van der Waals surface area contributed by atoms with E-state index in [9.17, 15) is 0 Å². The minimum Gasteiger partial charge on any atom is -0.385 e. The van der Waals surface area contributed by atoms with Crippen molar-refractivity contribution in [2.75, 3.05) is 46.6 Å². The first-order valence-electron chi connectivity index (χ1n) is 12.5. The van der Waals surface area contributed by atoms with Gasteiger partial charge in [0, 0.05) is 58.1 Å². The fourth-order valence-corrected chi connectivity index (χ4v) is 5.19. The van der Waals surface area contributed by atoms with Crippen LogP contribution in [0.5, 0.6) is 0 Å². The third-order valence-electron chi connectivity index (χ3n) is 7.28. The van der Waals surface area contributed by atoms with E-state index in [1.807, 2.05) is 0 Å². The molecule has 2 fully saturated rings. The molecule has 1 heterocycles. The summed E-state index contributed by atoms with van der Waals surface area (Å²) >= 11 is 0. The number of benzene rings is 1. The summed E-state index contributed by atoms with van der Waals surface area (Å²) in [5.74, 6) is 0.927. The highest BCUT2D eigenvalue weighted by Crippen LogP contribution is 2.41. The summed E-state index contributed by atoms with van der Waals surface area (Å²) in [7, 11) is 1.80. The molecule has 1 aromatic rings. The first-order chi connectivity index (χ1) is 15.6. The van der Waals surface area contributed by atoms with Gasteiger partial charge in [-0.05, 0) is 56.9 Å². The second-order valence-corrected chi connectivity index (χ2v) is 9.67. The molecule has 1 unspecified atom stereocenters. The van der Waals surface area contributed by atoms with E-state index < -0.39 is 0 Å². The zero-order chi connectivity index (χ0) is 22.7. The van der Waals surface area contributed by atoms with E-state index in [1.54, 1.807) is 7.11 Å². The molecule has 0 bridgehead atoms. The number of hydrogen-bond donors (Lipinski definition) is 3. The quantitative estimate of drug-likeness (QED) is 0.355. The molecule has 6 nitrogen and oxygen atoms in total. The van der Waals surface area contributed by atoms with Crippen molar-refractivity contribution >= 4 is 5.96 Å². The van der Waals surface area contributed by atoms with Crippen molar-refractivity contribution in [1.29, 1.82) is 0 Å². The normalized spacial score (nSPS) is 21.3. The molecule has 3 rings (SSSR count). The van der Waals surface area contributed by atoms with Crippen molar-refractivity contribution in [3.8, 4) is 0 Å². The minimum absolute atomic E-state index is 0.00913. The van der Waals surface area contributed by atoms with E-state index in [-0.39, 0.29) is 11.6 Å². The largest absolute Gasteiger partial charge is 0.385 e. The van der Waals surface area contributed by atoms with Crippen LogP contribution in [0.4, 0.5) is 0 Å². The highest BCUT2D eigenvalue weighted by Gasteiger charge is 2.35. The van der Waals surface area contributed by atoms with Crippen LogP contribution in [0.25, 0.3) is 0 Å². The summed E-state index contributed by atoms with van der Waals surface area (Å²) in [6, 6.07) is 11.0. The molecule has 1 aromatic carbocycles. The van der Waals surface area contributed by atoms with Crippen LogP contribution in [-0.2, 0) is 9.47 Å². The Balaban J connectivity index is 1.65. The Morgan fingerprint density at radius 1 is 1.09 bits per heavy atom. The SMILES string of the molecule is CCNC(=NCC1(CCOC)CCCC1)NCC1(NC(C)c2ccccc2)CCOCC1. The Kier molecular flexibility index (Phi) is 9.82. The number of nitrogens with zero attached hydrogens (tertiary/aromatic N) is 1. The molecule has 6 heteroatoms. The molecule has 2 aliphatic rings. The van der Waals surface area contributed by atoms with Gasteiger partial charge in [-0.2, -0.15) is 0 Å². The molecule has 1 aliphatic heterocycles. The second-order valence-electron chi connectivity index (χ2n) is 9.67. The van der Waals surface area contributed by atoms with E-state index in [4.69, 9.17) is 14.5 Å². The van der Waals surface area contributed by atoms with Gasteiger partial charge in [0.05, 0.1) is 0 Å². The molecule has 0 amide bonds. The Morgan fingerprint density at radius 2 is 1.81 bits per heavy atom. The summed E-state index contributed by atoms with van der Waals surface area (Å²) in [5.41, 5.74) is 1.61. The van der Waals surface area contributed by atoms with Gasteiger partial charge >= 0.3 is 0 Å². The first-order valence-corrected chi connectivity index (χ1v) is 12.5. The van der Waals surface area contributed by atoms with E-state index in [2.05, 4.69) is 60.1 Å². The van der Waals surface area contributed by atoms with Crippen molar-refractivity contribution in [3.05, 3.63) is 35.9 Å². The van der Waals surface area contributed by atoms with E-state index in [0.29, 0.717) is 5.41 Å². The van der Waals surface area contributed by atoms with Gasteiger partial charge in [-0.1, -0.05) is 43.2 Å². The highest BCUT2D eigenvalue weighted by molar-refractivity contribution is 5.79. The Labute approximate surface area is 194 Å². The lowest BCUT2D eigenvalue weighted by atomic mass is 9.83. The Bertz CT molecular complexity index is 682. The van der Waals surface area contributed by atoms with Gasteiger partial charge in [0.2, 0.25) is 0 Å². The number of hydrogen-bond acceptors (Lipinski definition) is 4. The number of nitrogens with one attached hydrogen (secondary N) is 3. The van der Waals surface area contributed by atoms with E-state index in [1.165, 1.54) is 31.2 Å². The maximum absolute atomic E-state index is 5.71. The maximum atomic E-state index is 5.71. The van der Waals surface area contributed by atoms with E-state index >= 15 is 0 Å². The van der Waals surface area contributed by atoms with Gasteiger partial charge in [-0.15, -0.1) is 0 Å². The lowest BCUT2D eigenvalue weighted by Crippen LogP contribution is -2.58. The molecule has 1 atom stereocenters. The number of ether oxygens (including phenoxy) is 2. The predicted octanol–water partition coefficient (Wildman–Crippen LogP) is 4.04. The molecule has 32 heavy (non-hydrogen) atoms. The minimum atomic E-state index is -0.00913. The van der Waals surface area contributed by atoms with Gasteiger partial charge in [-0.3, -0.25) is 4.99 Å². The number of aliphatic imine (C=N–C) groups is 1. The lowest BCUT2D eigenvalue weighted by molar-refractivity contribution is 0.0354. The predicted molar refractivity (Wildman–Crippen MR) is 132 cm³/mol. The molecule has 1 saturated carbocycles. The average molecular weight is 445 g/mol. The molecule has 0 spiro atoms. The molecular weight excluding hydrogens is 400 g/mol. The van der Waals surface area contributed by atoms with E-state index in [0.717, 1.165) is 64.7 Å². The molecular formula is C26H44N4O2. The molecule has 0 radical (unpaired) electrons. The molecule has 3 N–H and O–H groups in total.